The Labute approximate surface area is 98.5 Å². The van der Waals surface area contributed by atoms with Gasteiger partial charge in [-0.05, 0) is 38.6 Å². The number of amides is 1. The van der Waals surface area contributed by atoms with Gasteiger partial charge in [-0.2, -0.15) is 0 Å². The van der Waals surface area contributed by atoms with E-state index in [-0.39, 0.29) is 11.9 Å². The molecule has 0 heterocycles. The molecule has 0 aromatic carbocycles. The molecule has 1 amide bonds. The van der Waals surface area contributed by atoms with Crippen molar-refractivity contribution in [3.8, 4) is 0 Å². The molecule has 0 bridgehead atoms. The minimum absolute atomic E-state index is 0.0457. The summed E-state index contributed by atoms with van der Waals surface area (Å²) in [6, 6.07) is -0.383. The Morgan fingerprint density at radius 1 is 1.31 bits per heavy atom. The van der Waals surface area contributed by atoms with E-state index >= 15 is 0 Å². The van der Waals surface area contributed by atoms with Crippen LogP contribution in [0.25, 0.3) is 0 Å². The quantitative estimate of drug-likeness (QED) is 0.383. The zero-order valence-electron chi connectivity index (χ0n) is 10.1. The van der Waals surface area contributed by atoms with E-state index in [4.69, 9.17) is 11.5 Å². The third kappa shape index (κ3) is 8.44. The number of nitrogens with one attached hydrogen (secondary N) is 1. The third-order valence-corrected chi connectivity index (χ3v) is 2.44. The zero-order chi connectivity index (χ0) is 12.2. The van der Waals surface area contributed by atoms with Gasteiger partial charge in [-0.3, -0.25) is 4.79 Å². The second kappa shape index (κ2) is 10.6. The lowest BCUT2D eigenvalue weighted by molar-refractivity contribution is -0.122. The number of carbonyl (C=O) groups is 1. The summed E-state index contributed by atoms with van der Waals surface area (Å²) in [5, 5.41) is 2.84. The molecule has 0 saturated carbocycles. The lowest BCUT2D eigenvalue weighted by Gasteiger charge is -2.11. The van der Waals surface area contributed by atoms with Crippen molar-refractivity contribution in [3.63, 3.8) is 0 Å². The van der Waals surface area contributed by atoms with Gasteiger partial charge in [0.05, 0.1) is 6.04 Å². The van der Waals surface area contributed by atoms with E-state index in [1.54, 1.807) is 0 Å². The Bertz CT molecular complexity index is 195. The first kappa shape index (κ1) is 15.1. The summed E-state index contributed by atoms with van der Waals surface area (Å²) >= 11 is 0. The molecule has 0 aliphatic rings. The second-order valence-electron chi connectivity index (χ2n) is 3.97. The number of unbranched alkanes of at least 4 members (excludes halogenated alkanes) is 3. The van der Waals surface area contributed by atoms with Gasteiger partial charge in [-0.1, -0.05) is 12.5 Å². The molecule has 0 aromatic rings. The molecular weight excluding hydrogens is 202 g/mol. The minimum atomic E-state index is -0.383. The van der Waals surface area contributed by atoms with Gasteiger partial charge in [0.15, 0.2) is 0 Å². The van der Waals surface area contributed by atoms with E-state index < -0.39 is 0 Å². The maximum Gasteiger partial charge on any atom is 0.236 e. The lowest BCUT2D eigenvalue weighted by Crippen LogP contribution is -2.40. The normalized spacial score (nSPS) is 12.1. The highest BCUT2D eigenvalue weighted by Crippen LogP contribution is 1.98. The minimum Gasteiger partial charge on any atom is -0.355 e. The molecular formula is C12H25N3O. The van der Waals surface area contributed by atoms with Gasteiger partial charge >= 0.3 is 0 Å². The number of rotatable bonds is 10. The SMILES string of the molecule is C=CCCCCNC(=O)[C@@H](N)CCCCN. The number of hydrogen-bond acceptors (Lipinski definition) is 3. The van der Waals surface area contributed by atoms with Crippen molar-refractivity contribution in [3.05, 3.63) is 12.7 Å². The number of allylic oxidation sites excluding steroid dienone is 1. The maximum atomic E-state index is 11.5. The predicted octanol–water partition coefficient (Wildman–Crippen LogP) is 0.915. The average molecular weight is 227 g/mol. The molecule has 0 aliphatic carbocycles. The van der Waals surface area contributed by atoms with Crippen molar-refractivity contribution >= 4 is 5.91 Å². The summed E-state index contributed by atoms with van der Waals surface area (Å²) in [7, 11) is 0. The summed E-state index contributed by atoms with van der Waals surface area (Å²) in [5.74, 6) is -0.0457. The van der Waals surface area contributed by atoms with E-state index in [2.05, 4.69) is 11.9 Å². The molecule has 0 spiro atoms. The van der Waals surface area contributed by atoms with Gasteiger partial charge < -0.3 is 16.8 Å². The first-order valence-electron chi connectivity index (χ1n) is 6.06. The summed E-state index contributed by atoms with van der Waals surface area (Å²) < 4.78 is 0. The summed E-state index contributed by atoms with van der Waals surface area (Å²) in [4.78, 5) is 11.5. The molecule has 0 aliphatic heterocycles. The van der Waals surface area contributed by atoms with Crippen LogP contribution in [-0.2, 0) is 4.79 Å². The fraction of sp³-hybridized carbons (Fsp3) is 0.750. The van der Waals surface area contributed by atoms with Gasteiger partial charge in [0, 0.05) is 6.54 Å². The van der Waals surface area contributed by atoms with Gasteiger partial charge in [0.25, 0.3) is 0 Å². The summed E-state index contributed by atoms with van der Waals surface area (Å²) in [6.45, 7) is 5.01. The van der Waals surface area contributed by atoms with Crippen molar-refractivity contribution in [1.29, 1.82) is 0 Å². The van der Waals surface area contributed by atoms with E-state index in [9.17, 15) is 4.79 Å². The largest absolute Gasteiger partial charge is 0.355 e. The highest BCUT2D eigenvalue weighted by atomic mass is 16.2. The third-order valence-electron chi connectivity index (χ3n) is 2.44. The Hall–Kier alpha value is -0.870. The molecule has 1 atom stereocenters. The molecule has 0 unspecified atom stereocenters. The molecule has 0 aromatic heterocycles. The van der Waals surface area contributed by atoms with Gasteiger partial charge in [0.2, 0.25) is 5.91 Å². The van der Waals surface area contributed by atoms with Crippen molar-refractivity contribution in [2.24, 2.45) is 11.5 Å². The molecule has 5 N–H and O–H groups in total. The molecule has 16 heavy (non-hydrogen) atoms. The van der Waals surface area contributed by atoms with E-state index in [0.717, 1.165) is 38.5 Å². The standard InChI is InChI=1S/C12H25N3O/c1-2-3-4-7-10-15-12(16)11(14)8-5-6-9-13/h2,11H,1,3-10,13-14H2,(H,15,16)/t11-/m0/s1. The molecule has 0 fully saturated rings. The smallest absolute Gasteiger partial charge is 0.236 e. The van der Waals surface area contributed by atoms with Crippen LogP contribution in [0.4, 0.5) is 0 Å². The fourth-order valence-corrected chi connectivity index (χ4v) is 1.40. The van der Waals surface area contributed by atoms with Crippen LogP contribution in [0.15, 0.2) is 12.7 Å². The highest BCUT2D eigenvalue weighted by Gasteiger charge is 2.11. The number of nitrogens with two attached hydrogens (primary N) is 2. The molecule has 0 radical (unpaired) electrons. The fourth-order valence-electron chi connectivity index (χ4n) is 1.40. The Morgan fingerprint density at radius 3 is 2.69 bits per heavy atom. The van der Waals surface area contributed by atoms with Crippen LogP contribution in [0.2, 0.25) is 0 Å². The lowest BCUT2D eigenvalue weighted by atomic mass is 10.1. The van der Waals surface area contributed by atoms with Crippen LogP contribution in [0.5, 0.6) is 0 Å². The molecule has 0 saturated heterocycles. The Kier molecular flexibility index (Phi) is 10.1. The second-order valence-corrected chi connectivity index (χ2v) is 3.97. The summed E-state index contributed by atoms with van der Waals surface area (Å²) in [6.07, 6.45) is 7.50. The van der Waals surface area contributed by atoms with Crippen molar-refractivity contribution in [2.75, 3.05) is 13.1 Å². The van der Waals surface area contributed by atoms with Crippen molar-refractivity contribution in [2.45, 2.75) is 44.6 Å². The van der Waals surface area contributed by atoms with Gasteiger partial charge in [0.1, 0.15) is 0 Å². The zero-order valence-corrected chi connectivity index (χ0v) is 10.1. The van der Waals surface area contributed by atoms with Crippen LogP contribution < -0.4 is 16.8 Å². The first-order valence-corrected chi connectivity index (χ1v) is 6.06. The van der Waals surface area contributed by atoms with Crippen LogP contribution in [-0.4, -0.2) is 25.0 Å². The number of carbonyl (C=O) groups excluding carboxylic acids is 1. The predicted molar refractivity (Wildman–Crippen MR) is 67.9 cm³/mol. The topological polar surface area (TPSA) is 81.1 Å². The van der Waals surface area contributed by atoms with Crippen LogP contribution in [0.1, 0.15) is 38.5 Å². The average Bonchev–Trinajstić information content (AvgIpc) is 2.28. The molecule has 0 rings (SSSR count). The first-order chi connectivity index (χ1) is 7.72. The van der Waals surface area contributed by atoms with Gasteiger partial charge in [-0.25, -0.2) is 0 Å². The summed E-state index contributed by atoms with van der Waals surface area (Å²) in [5.41, 5.74) is 11.1. The molecule has 4 nitrogen and oxygen atoms in total. The van der Waals surface area contributed by atoms with E-state index in [1.165, 1.54) is 0 Å². The Balaban J connectivity index is 3.43. The van der Waals surface area contributed by atoms with Crippen LogP contribution in [0, 0.1) is 0 Å². The Morgan fingerprint density at radius 2 is 2.06 bits per heavy atom. The monoisotopic (exact) mass is 227 g/mol. The molecule has 4 heteroatoms. The van der Waals surface area contributed by atoms with Crippen LogP contribution in [0.3, 0.4) is 0 Å². The van der Waals surface area contributed by atoms with Crippen molar-refractivity contribution in [1.82, 2.24) is 5.32 Å². The van der Waals surface area contributed by atoms with E-state index in [1.807, 2.05) is 6.08 Å². The molecule has 94 valence electrons. The maximum absolute atomic E-state index is 11.5. The van der Waals surface area contributed by atoms with E-state index in [0.29, 0.717) is 13.1 Å². The van der Waals surface area contributed by atoms with Gasteiger partial charge in [-0.15, -0.1) is 6.58 Å². The van der Waals surface area contributed by atoms with Crippen LogP contribution >= 0.6 is 0 Å². The highest BCUT2D eigenvalue weighted by molar-refractivity contribution is 5.81. The number of hydrogen-bond donors (Lipinski definition) is 3. The van der Waals surface area contributed by atoms with Crippen molar-refractivity contribution < 1.29 is 4.79 Å².